The third-order valence-electron chi connectivity index (χ3n) is 3.16. The Balaban J connectivity index is 2.64. The van der Waals surface area contributed by atoms with Crippen LogP contribution in [0.2, 0.25) is 0 Å². The lowest BCUT2D eigenvalue weighted by Crippen LogP contribution is -2.62. The zero-order valence-corrected chi connectivity index (χ0v) is 11.0. The predicted molar refractivity (Wildman–Crippen MR) is 63.8 cm³/mol. The molecule has 0 aromatic heterocycles. The van der Waals surface area contributed by atoms with Crippen LogP contribution in [0.4, 0.5) is 0 Å². The Morgan fingerprint density at radius 1 is 0.933 bits per heavy atom. The van der Waals surface area contributed by atoms with Gasteiger partial charge in [0, 0.05) is 30.7 Å². The van der Waals surface area contributed by atoms with E-state index in [2.05, 4.69) is 51.3 Å². The van der Waals surface area contributed by atoms with E-state index in [4.69, 9.17) is 0 Å². The smallest absolute Gasteiger partial charge is 0.120 e. The molecule has 15 heavy (non-hydrogen) atoms. The normalized spacial score (nSPS) is 27.0. The first kappa shape index (κ1) is 12.9. The highest BCUT2D eigenvalue weighted by atomic mass is 16.3. The molecule has 3 nitrogen and oxygen atoms in total. The summed E-state index contributed by atoms with van der Waals surface area (Å²) in [6, 6.07) is 0. The zero-order chi connectivity index (χ0) is 11.9. The summed E-state index contributed by atoms with van der Waals surface area (Å²) in [5.41, 5.74) is 0.217. The van der Waals surface area contributed by atoms with Crippen molar-refractivity contribution >= 4 is 0 Å². The van der Waals surface area contributed by atoms with Crippen LogP contribution in [-0.4, -0.2) is 51.8 Å². The molecule has 90 valence electrons. The molecule has 1 aliphatic rings. The molecular formula is C12H26N2O. The van der Waals surface area contributed by atoms with Crippen molar-refractivity contribution in [2.24, 2.45) is 0 Å². The zero-order valence-electron chi connectivity index (χ0n) is 11.0. The molecule has 0 radical (unpaired) electrons. The van der Waals surface area contributed by atoms with E-state index in [-0.39, 0.29) is 17.3 Å². The van der Waals surface area contributed by atoms with Gasteiger partial charge in [-0.05, 0) is 41.5 Å². The Hall–Kier alpha value is -0.120. The quantitative estimate of drug-likeness (QED) is 0.662. The third kappa shape index (κ3) is 3.16. The number of hydrogen-bond donors (Lipinski definition) is 1. The second-order valence-corrected chi connectivity index (χ2v) is 6.46. The second kappa shape index (κ2) is 4.04. The number of nitrogens with zero attached hydrogens (tertiary/aromatic N) is 2. The van der Waals surface area contributed by atoms with Crippen LogP contribution in [0.1, 0.15) is 41.5 Å². The molecule has 0 saturated carbocycles. The molecule has 0 aromatic rings. The van der Waals surface area contributed by atoms with Crippen molar-refractivity contribution in [3.05, 3.63) is 0 Å². The molecule has 1 unspecified atom stereocenters. The maximum Gasteiger partial charge on any atom is 0.120 e. The van der Waals surface area contributed by atoms with E-state index in [1.165, 1.54) is 0 Å². The van der Waals surface area contributed by atoms with Gasteiger partial charge in [-0.2, -0.15) is 0 Å². The van der Waals surface area contributed by atoms with Crippen molar-refractivity contribution in [1.29, 1.82) is 0 Å². The predicted octanol–water partition coefficient (Wildman–Crippen LogP) is 1.52. The SMILES string of the molecule is CC(C)(C)N1CCN(C(C)(C)C)C(O)C1. The van der Waals surface area contributed by atoms with Gasteiger partial charge in [-0.3, -0.25) is 9.80 Å². The van der Waals surface area contributed by atoms with Crippen molar-refractivity contribution in [1.82, 2.24) is 9.80 Å². The maximum atomic E-state index is 10.1. The first-order valence-corrected chi connectivity index (χ1v) is 5.82. The van der Waals surface area contributed by atoms with Crippen LogP contribution in [0.15, 0.2) is 0 Å². The fraction of sp³-hybridized carbons (Fsp3) is 1.00. The molecule has 1 heterocycles. The van der Waals surface area contributed by atoms with Gasteiger partial charge < -0.3 is 5.11 Å². The molecule has 1 rings (SSSR count). The lowest BCUT2D eigenvalue weighted by molar-refractivity contribution is -0.114. The molecule has 0 aromatic carbocycles. The molecule has 1 saturated heterocycles. The van der Waals surface area contributed by atoms with Gasteiger partial charge in [-0.1, -0.05) is 0 Å². The summed E-state index contributed by atoms with van der Waals surface area (Å²) in [7, 11) is 0. The van der Waals surface area contributed by atoms with Crippen LogP contribution in [0.5, 0.6) is 0 Å². The Bertz CT molecular complexity index is 215. The summed E-state index contributed by atoms with van der Waals surface area (Å²) in [5, 5.41) is 10.1. The fourth-order valence-electron chi connectivity index (χ4n) is 2.16. The summed E-state index contributed by atoms with van der Waals surface area (Å²) in [6.45, 7) is 15.8. The van der Waals surface area contributed by atoms with E-state index in [0.29, 0.717) is 0 Å². The van der Waals surface area contributed by atoms with Gasteiger partial charge >= 0.3 is 0 Å². The molecule has 0 spiro atoms. The fourth-order valence-corrected chi connectivity index (χ4v) is 2.16. The van der Waals surface area contributed by atoms with Crippen molar-refractivity contribution in [3.8, 4) is 0 Å². The van der Waals surface area contributed by atoms with Crippen molar-refractivity contribution in [2.45, 2.75) is 58.8 Å². The van der Waals surface area contributed by atoms with Crippen molar-refractivity contribution in [3.63, 3.8) is 0 Å². The van der Waals surface area contributed by atoms with E-state index in [1.54, 1.807) is 0 Å². The molecule has 1 atom stereocenters. The van der Waals surface area contributed by atoms with Gasteiger partial charge in [0.05, 0.1) is 0 Å². The Kier molecular flexibility index (Phi) is 3.49. The number of hydrogen-bond acceptors (Lipinski definition) is 3. The second-order valence-electron chi connectivity index (χ2n) is 6.46. The largest absolute Gasteiger partial charge is 0.377 e. The third-order valence-corrected chi connectivity index (χ3v) is 3.16. The average Bonchev–Trinajstić information content (AvgIpc) is 1.99. The molecule has 0 bridgehead atoms. The summed E-state index contributed by atoms with van der Waals surface area (Å²) >= 11 is 0. The van der Waals surface area contributed by atoms with Crippen LogP contribution in [0.25, 0.3) is 0 Å². The lowest BCUT2D eigenvalue weighted by atomic mass is 10.0. The first-order valence-electron chi connectivity index (χ1n) is 5.82. The van der Waals surface area contributed by atoms with Gasteiger partial charge in [-0.15, -0.1) is 0 Å². The molecule has 0 aliphatic carbocycles. The molecule has 1 N–H and O–H groups in total. The minimum atomic E-state index is -0.335. The van der Waals surface area contributed by atoms with Gasteiger partial charge in [-0.25, -0.2) is 0 Å². The van der Waals surface area contributed by atoms with E-state index in [1.807, 2.05) is 0 Å². The molecule has 1 fully saturated rings. The summed E-state index contributed by atoms with van der Waals surface area (Å²) < 4.78 is 0. The van der Waals surface area contributed by atoms with E-state index in [0.717, 1.165) is 19.6 Å². The molecule has 0 amide bonds. The minimum Gasteiger partial charge on any atom is -0.377 e. The van der Waals surface area contributed by atoms with E-state index in [9.17, 15) is 5.11 Å². The lowest BCUT2D eigenvalue weighted by Gasteiger charge is -2.49. The molecule has 1 aliphatic heterocycles. The van der Waals surface area contributed by atoms with Gasteiger partial charge in [0.25, 0.3) is 0 Å². The van der Waals surface area contributed by atoms with Crippen LogP contribution < -0.4 is 0 Å². The summed E-state index contributed by atoms with van der Waals surface area (Å²) in [6.07, 6.45) is -0.335. The monoisotopic (exact) mass is 214 g/mol. The van der Waals surface area contributed by atoms with E-state index >= 15 is 0 Å². The molecule has 3 heteroatoms. The number of aliphatic hydroxyl groups is 1. The summed E-state index contributed by atoms with van der Waals surface area (Å²) in [4.78, 5) is 4.52. The Labute approximate surface area is 94.1 Å². The van der Waals surface area contributed by atoms with Gasteiger partial charge in [0.15, 0.2) is 0 Å². The van der Waals surface area contributed by atoms with E-state index < -0.39 is 0 Å². The molecular weight excluding hydrogens is 188 g/mol. The Morgan fingerprint density at radius 2 is 1.47 bits per heavy atom. The highest BCUT2D eigenvalue weighted by Crippen LogP contribution is 2.23. The number of β-amino-alcohol motifs (C(OH)–C–C–N with tert-alkyl or cyclic N) is 1. The minimum absolute atomic E-state index is 0.0589. The summed E-state index contributed by atoms with van der Waals surface area (Å²) in [5.74, 6) is 0. The van der Waals surface area contributed by atoms with Crippen LogP contribution >= 0.6 is 0 Å². The van der Waals surface area contributed by atoms with Crippen LogP contribution in [-0.2, 0) is 0 Å². The Morgan fingerprint density at radius 3 is 1.80 bits per heavy atom. The maximum absolute atomic E-state index is 10.1. The highest BCUT2D eigenvalue weighted by Gasteiger charge is 2.35. The number of piperazine rings is 1. The van der Waals surface area contributed by atoms with Gasteiger partial charge in [0.2, 0.25) is 0 Å². The number of aliphatic hydroxyl groups excluding tert-OH is 1. The van der Waals surface area contributed by atoms with Gasteiger partial charge in [0.1, 0.15) is 6.23 Å². The number of rotatable bonds is 0. The van der Waals surface area contributed by atoms with Crippen molar-refractivity contribution in [2.75, 3.05) is 19.6 Å². The van der Waals surface area contributed by atoms with Crippen molar-refractivity contribution < 1.29 is 5.11 Å². The van der Waals surface area contributed by atoms with Crippen LogP contribution in [0.3, 0.4) is 0 Å². The van der Waals surface area contributed by atoms with Crippen LogP contribution in [0, 0.1) is 0 Å². The topological polar surface area (TPSA) is 26.7 Å². The first-order chi connectivity index (χ1) is 6.62. The highest BCUT2D eigenvalue weighted by molar-refractivity contribution is 4.88. The standard InChI is InChI=1S/C12H26N2O/c1-11(2,3)13-7-8-14(10(15)9-13)12(4,5)6/h10,15H,7-9H2,1-6H3. The average molecular weight is 214 g/mol.